The van der Waals surface area contributed by atoms with Crippen molar-refractivity contribution >= 4 is 44.1 Å². The Bertz CT molecular complexity index is 1260. The minimum atomic E-state index is -4.96. The molecule has 2 rings (SSSR count). The Kier molecular flexibility index (Phi) is 13.8. The molecule has 1 aromatic rings. The van der Waals surface area contributed by atoms with Crippen molar-refractivity contribution in [1.29, 1.82) is 0 Å². The van der Waals surface area contributed by atoms with Gasteiger partial charge in [-0.2, -0.15) is 12.6 Å². The summed E-state index contributed by atoms with van der Waals surface area (Å²) in [6, 6.07) is -2.15. The van der Waals surface area contributed by atoms with Crippen molar-refractivity contribution < 1.29 is 58.3 Å². The summed E-state index contributed by atoms with van der Waals surface area (Å²) in [4.78, 5) is 81.9. The van der Waals surface area contributed by atoms with Crippen LogP contribution in [-0.4, -0.2) is 108 Å². The number of carbonyl (C=O) groups is 4. The number of nitrogens with zero attached hydrogens (tertiary/aromatic N) is 1. The topological polar surface area (TPSA) is 331 Å². The molecule has 1 saturated heterocycles. The largest absolute Gasteiger partial charge is 0.481 e. The lowest BCUT2D eigenvalue weighted by Crippen LogP contribution is -2.53. The number of carbonyl (C=O) groups excluding carboxylic acids is 2. The number of carboxylic acid groups (broad SMARTS) is 2. The van der Waals surface area contributed by atoms with E-state index in [9.17, 15) is 48.4 Å². The molecule has 0 aliphatic carbocycles. The van der Waals surface area contributed by atoms with Crippen LogP contribution in [0.25, 0.3) is 0 Å². The van der Waals surface area contributed by atoms with Gasteiger partial charge in [0.15, 0.2) is 6.23 Å². The van der Waals surface area contributed by atoms with Gasteiger partial charge in [0.05, 0.1) is 12.6 Å². The summed E-state index contributed by atoms with van der Waals surface area (Å²) >= 11 is 3.89. The summed E-state index contributed by atoms with van der Waals surface area (Å²) in [5, 5.41) is 44.3. The maximum Gasteiger partial charge on any atom is 0.403 e. The van der Waals surface area contributed by atoms with Gasteiger partial charge in [0.25, 0.3) is 5.56 Å². The van der Waals surface area contributed by atoms with Gasteiger partial charge >= 0.3 is 25.4 Å². The Morgan fingerprint density at radius 1 is 1.12 bits per heavy atom. The van der Waals surface area contributed by atoms with Crippen molar-refractivity contribution in [3.63, 3.8) is 0 Å². The number of ether oxygens (including phenoxy) is 1. The van der Waals surface area contributed by atoms with Gasteiger partial charge in [-0.15, -0.1) is 0 Å². The molecule has 232 valence electrons. The molecule has 22 heteroatoms. The molecule has 0 radical (unpaired) electrons. The molecule has 1 aliphatic heterocycles. The molecule has 0 aromatic carbocycles. The monoisotopic (exact) mass is 630 g/mol. The van der Waals surface area contributed by atoms with Crippen LogP contribution in [0, 0.1) is 0 Å². The molecule has 0 bridgehead atoms. The van der Waals surface area contributed by atoms with Crippen molar-refractivity contribution in [2.24, 2.45) is 0 Å². The van der Waals surface area contributed by atoms with E-state index in [0.29, 0.717) is 0 Å². The molecule has 1 fully saturated rings. The van der Waals surface area contributed by atoms with Crippen LogP contribution in [0.4, 0.5) is 0 Å². The normalized spacial score (nSPS) is 22.9. The van der Waals surface area contributed by atoms with Crippen LogP contribution >= 0.6 is 20.4 Å². The number of aromatic amines is 1. The molecule has 12 N–H and O–H groups in total. The van der Waals surface area contributed by atoms with E-state index in [2.05, 4.69) is 17.9 Å². The zero-order valence-corrected chi connectivity index (χ0v) is 22.9. The number of carboxylic acids is 2. The number of rotatable bonds is 15. The van der Waals surface area contributed by atoms with E-state index in [4.69, 9.17) is 19.5 Å². The first-order chi connectivity index (χ1) is 18.6. The van der Waals surface area contributed by atoms with E-state index >= 15 is 0 Å². The number of H-pyrrole nitrogens is 1. The zero-order chi connectivity index (χ0) is 30.2. The quantitative estimate of drug-likeness (QED) is 0.0647. The van der Waals surface area contributed by atoms with E-state index in [1.54, 1.807) is 0 Å². The Morgan fingerprint density at radius 3 is 2.34 bits per heavy atom. The van der Waals surface area contributed by atoms with Gasteiger partial charge in [0.1, 0.15) is 30.9 Å². The molecule has 1 unspecified atom stereocenters. The maximum atomic E-state index is 12.7. The standard InChI is InChI=1S/C19H28N5O14PS.H3N/c25-11-3-4-24(19(34)22-11)18-15(31)14(30)10(38-18)6-37-39(35,36)23-8(1-2-12(26)27)17(33)21-9(7-40)16(32)20-5-13(28)29;/h3-4,8-10,14-15,18,30-31,40H,1-2,5-7H2,(H,20,32)(H,21,33)(H,26,27)(H,28,29)(H,22,25,34)(H2,23,35,36);1H3/t8-,9-,10+,14+,15+,18+;/m0./s1. The molecule has 41 heavy (non-hydrogen) atoms. The lowest BCUT2D eigenvalue weighted by Gasteiger charge is -2.24. The highest BCUT2D eigenvalue weighted by Crippen LogP contribution is 2.40. The Balaban J connectivity index is 0.00000840. The van der Waals surface area contributed by atoms with Crippen LogP contribution in [0.2, 0.25) is 0 Å². The number of aliphatic hydroxyl groups is 2. The third kappa shape index (κ3) is 10.6. The maximum absolute atomic E-state index is 12.7. The Morgan fingerprint density at radius 2 is 1.78 bits per heavy atom. The second-order valence-corrected chi connectivity index (χ2v) is 10.3. The fourth-order valence-corrected chi connectivity index (χ4v) is 4.73. The van der Waals surface area contributed by atoms with Crippen LogP contribution in [0.5, 0.6) is 0 Å². The fourth-order valence-electron chi connectivity index (χ4n) is 3.41. The highest BCUT2D eigenvalue weighted by Gasteiger charge is 2.45. The molecule has 20 nitrogen and oxygen atoms in total. The van der Waals surface area contributed by atoms with Crippen molar-refractivity contribution in [3.8, 4) is 0 Å². The third-order valence-corrected chi connectivity index (χ3v) is 6.89. The first kappa shape index (κ1) is 35.9. The van der Waals surface area contributed by atoms with Gasteiger partial charge in [-0.1, -0.05) is 0 Å². The molecule has 2 heterocycles. The van der Waals surface area contributed by atoms with E-state index < -0.39 is 105 Å². The summed E-state index contributed by atoms with van der Waals surface area (Å²) in [5.74, 6) is -5.09. The van der Waals surface area contributed by atoms with E-state index in [-0.39, 0.29) is 11.9 Å². The van der Waals surface area contributed by atoms with Crippen molar-refractivity contribution in [2.45, 2.75) is 49.5 Å². The van der Waals surface area contributed by atoms with Gasteiger partial charge in [-0.25, -0.2) is 14.4 Å². The van der Waals surface area contributed by atoms with Gasteiger partial charge in [0.2, 0.25) is 11.8 Å². The zero-order valence-electron chi connectivity index (χ0n) is 21.1. The SMILES string of the molecule is N.O=C(O)CC[C@H](NP(=O)(O)OC[C@H]1O[C@@H](n2ccc(=O)[nH]c2=O)[C@H](O)[C@@H]1O)C(=O)N[C@@H](CS)C(=O)NCC(=O)O. The van der Waals surface area contributed by atoms with Crippen LogP contribution < -0.4 is 33.1 Å². The molecule has 2 amide bonds. The van der Waals surface area contributed by atoms with E-state index in [1.807, 2.05) is 15.4 Å². The highest BCUT2D eigenvalue weighted by atomic mass is 32.1. The molecule has 7 atom stereocenters. The predicted molar refractivity (Wildman–Crippen MR) is 138 cm³/mol. The average molecular weight is 631 g/mol. The summed E-state index contributed by atoms with van der Waals surface area (Å²) in [5.41, 5.74) is -1.70. The van der Waals surface area contributed by atoms with E-state index in [0.717, 1.165) is 16.8 Å². The third-order valence-electron chi connectivity index (χ3n) is 5.39. The number of aliphatic carboxylic acids is 2. The van der Waals surface area contributed by atoms with Crippen molar-refractivity contribution in [1.82, 2.24) is 31.4 Å². The lowest BCUT2D eigenvalue weighted by molar-refractivity contribution is -0.138. The molecular formula is C19H31N6O14PS. The van der Waals surface area contributed by atoms with Crippen LogP contribution in [0.1, 0.15) is 19.1 Å². The van der Waals surface area contributed by atoms with Crippen LogP contribution in [0.3, 0.4) is 0 Å². The Hall–Kier alpha value is -3.14. The number of aromatic nitrogens is 2. The number of hydrogen-bond donors (Lipinski definition) is 11. The number of thiol groups is 1. The number of aliphatic hydroxyl groups excluding tert-OH is 2. The molecule has 0 saturated carbocycles. The predicted octanol–water partition coefficient (Wildman–Crippen LogP) is -4.13. The van der Waals surface area contributed by atoms with E-state index in [1.165, 1.54) is 0 Å². The molecular weight excluding hydrogens is 599 g/mol. The summed E-state index contributed by atoms with van der Waals surface area (Å²) in [6.07, 6.45) is -6.64. The lowest BCUT2D eigenvalue weighted by atomic mass is 10.1. The fraction of sp³-hybridized carbons (Fsp3) is 0.579. The summed E-state index contributed by atoms with van der Waals surface area (Å²) in [7, 11) is -4.96. The molecule has 0 spiro atoms. The minimum Gasteiger partial charge on any atom is -0.481 e. The van der Waals surface area contributed by atoms with Gasteiger partial charge in [-0.3, -0.25) is 38.0 Å². The highest BCUT2D eigenvalue weighted by molar-refractivity contribution is 7.80. The Labute approximate surface area is 235 Å². The van der Waals surface area contributed by atoms with Gasteiger partial charge in [0, 0.05) is 24.4 Å². The van der Waals surface area contributed by atoms with Crippen molar-refractivity contribution in [2.75, 3.05) is 18.9 Å². The summed E-state index contributed by atoms with van der Waals surface area (Å²) in [6.45, 7) is -1.63. The second kappa shape index (κ2) is 15.7. The number of nitrogens with one attached hydrogen (secondary N) is 4. The van der Waals surface area contributed by atoms with Crippen LogP contribution in [0.15, 0.2) is 21.9 Å². The first-order valence-electron chi connectivity index (χ1n) is 11.4. The minimum absolute atomic E-state index is 0. The summed E-state index contributed by atoms with van der Waals surface area (Å²) < 4.78 is 23.7. The van der Waals surface area contributed by atoms with Crippen LogP contribution in [-0.2, 0) is 33.0 Å². The average Bonchev–Trinajstić information content (AvgIpc) is 3.15. The second-order valence-electron chi connectivity index (χ2n) is 8.35. The smallest absolute Gasteiger partial charge is 0.403 e. The number of amides is 2. The number of hydrogen-bond acceptors (Lipinski definition) is 13. The molecule has 1 aromatic heterocycles. The molecule has 1 aliphatic rings. The van der Waals surface area contributed by atoms with Gasteiger partial charge in [-0.05, 0) is 6.42 Å². The first-order valence-corrected chi connectivity index (χ1v) is 13.6. The van der Waals surface area contributed by atoms with Crippen molar-refractivity contribution in [3.05, 3.63) is 33.1 Å². The van der Waals surface area contributed by atoms with Gasteiger partial charge < -0.3 is 46.8 Å².